The third kappa shape index (κ3) is 3.57. The highest BCUT2D eigenvalue weighted by Crippen LogP contribution is 2.25. The standard InChI is InChI=1S/C16H14FN5S/c1-10(17)19-8-7-15-21-13-5-4-12(22-16(13)23-15)11-3-6-14(18-2)20-9-11/h3-6,8-9H,1,7H2,2H3,(H,18,20)/b19-8-. The van der Waals surface area contributed by atoms with Crippen LogP contribution in [0.15, 0.2) is 48.0 Å². The maximum atomic E-state index is 12.5. The minimum atomic E-state index is -0.705. The molecule has 0 aliphatic rings. The van der Waals surface area contributed by atoms with Gasteiger partial charge in [-0.25, -0.2) is 19.9 Å². The van der Waals surface area contributed by atoms with Crippen molar-refractivity contribution in [1.82, 2.24) is 15.0 Å². The van der Waals surface area contributed by atoms with Crippen LogP contribution in [0.25, 0.3) is 21.6 Å². The Morgan fingerprint density at radius 3 is 2.91 bits per heavy atom. The summed E-state index contributed by atoms with van der Waals surface area (Å²) < 4.78 is 12.5. The monoisotopic (exact) mass is 327 g/mol. The number of thiazole rings is 1. The predicted octanol–water partition coefficient (Wildman–Crippen LogP) is 3.85. The second-order valence-corrected chi connectivity index (χ2v) is 5.76. The predicted molar refractivity (Wildman–Crippen MR) is 92.6 cm³/mol. The molecule has 0 aliphatic carbocycles. The van der Waals surface area contributed by atoms with Gasteiger partial charge in [-0.15, -0.1) is 0 Å². The molecule has 0 saturated carbocycles. The Morgan fingerprint density at radius 2 is 2.22 bits per heavy atom. The molecular weight excluding hydrogens is 313 g/mol. The summed E-state index contributed by atoms with van der Waals surface area (Å²) >= 11 is 1.47. The molecule has 0 unspecified atom stereocenters. The summed E-state index contributed by atoms with van der Waals surface area (Å²) in [6, 6.07) is 7.71. The van der Waals surface area contributed by atoms with Gasteiger partial charge in [-0.1, -0.05) is 11.3 Å². The fraction of sp³-hybridized carbons (Fsp3) is 0.125. The number of hydrogen-bond donors (Lipinski definition) is 1. The van der Waals surface area contributed by atoms with E-state index in [1.807, 2.05) is 31.3 Å². The van der Waals surface area contributed by atoms with Crippen LogP contribution < -0.4 is 5.32 Å². The van der Waals surface area contributed by atoms with Gasteiger partial charge in [-0.3, -0.25) is 0 Å². The summed E-state index contributed by atoms with van der Waals surface area (Å²) in [4.78, 5) is 17.7. The Kier molecular flexibility index (Phi) is 4.38. The number of halogens is 1. The maximum absolute atomic E-state index is 12.5. The van der Waals surface area contributed by atoms with Crippen LogP contribution >= 0.6 is 11.3 Å². The highest BCUT2D eigenvalue weighted by molar-refractivity contribution is 7.18. The van der Waals surface area contributed by atoms with Crippen LogP contribution in [0, 0.1) is 0 Å². The second kappa shape index (κ2) is 6.62. The molecule has 0 atom stereocenters. The minimum absolute atomic E-state index is 0.456. The molecule has 0 bridgehead atoms. The zero-order valence-corrected chi connectivity index (χ0v) is 13.3. The van der Waals surface area contributed by atoms with Crippen molar-refractivity contribution in [2.24, 2.45) is 4.99 Å². The van der Waals surface area contributed by atoms with Crippen molar-refractivity contribution in [3.05, 3.63) is 48.0 Å². The molecule has 3 aromatic rings. The Balaban J connectivity index is 1.87. The van der Waals surface area contributed by atoms with Gasteiger partial charge in [-0.05, 0) is 30.8 Å². The van der Waals surface area contributed by atoms with E-state index in [-0.39, 0.29) is 0 Å². The van der Waals surface area contributed by atoms with E-state index in [0.29, 0.717) is 6.42 Å². The Hall–Kier alpha value is -2.67. The van der Waals surface area contributed by atoms with Crippen molar-refractivity contribution in [2.45, 2.75) is 6.42 Å². The molecule has 0 fully saturated rings. The van der Waals surface area contributed by atoms with Gasteiger partial charge in [-0.2, -0.15) is 4.39 Å². The number of nitrogens with zero attached hydrogens (tertiary/aromatic N) is 4. The van der Waals surface area contributed by atoms with Crippen molar-refractivity contribution in [3.8, 4) is 11.3 Å². The molecular formula is C16H14FN5S. The van der Waals surface area contributed by atoms with Crippen LogP contribution in [0.2, 0.25) is 0 Å². The molecule has 7 heteroatoms. The number of hydrogen-bond acceptors (Lipinski definition) is 6. The number of aromatic nitrogens is 3. The lowest BCUT2D eigenvalue weighted by Gasteiger charge is -2.02. The second-order valence-electron chi connectivity index (χ2n) is 4.70. The van der Waals surface area contributed by atoms with Gasteiger partial charge in [0.2, 0.25) is 5.95 Å². The normalized spacial score (nSPS) is 11.2. The van der Waals surface area contributed by atoms with Crippen LogP contribution in [-0.2, 0) is 6.42 Å². The average molecular weight is 327 g/mol. The van der Waals surface area contributed by atoms with Gasteiger partial charge in [0.15, 0.2) is 0 Å². The van der Waals surface area contributed by atoms with Crippen molar-refractivity contribution >= 4 is 33.7 Å². The van der Waals surface area contributed by atoms with Crippen LogP contribution in [-0.4, -0.2) is 28.2 Å². The Morgan fingerprint density at radius 1 is 1.35 bits per heavy atom. The lowest BCUT2D eigenvalue weighted by atomic mass is 10.2. The lowest BCUT2D eigenvalue weighted by Crippen LogP contribution is -1.92. The van der Waals surface area contributed by atoms with Crippen LogP contribution in [0.4, 0.5) is 10.2 Å². The summed E-state index contributed by atoms with van der Waals surface area (Å²) in [7, 11) is 1.83. The van der Waals surface area contributed by atoms with Gasteiger partial charge in [0.25, 0.3) is 0 Å². The van der Waals surface area contributed by atoms with E-state index >= 15 is 0 Å². The van der Waals surface area contributed by atoms with E-state index in [0.717, 1.165) is 32.4 Å². The van der Waals surface area contributed by atoms with E-state index in [1.165, 1.54) is 17.6 Å². The summed E-state index contributed by atoms with van der Waals surface area (Å²) in [5.41, 5.74) is 2.60. The first-order valence-corrected chi connectivity index (χ1v) is 7.75. The average Bonchev–Trinajstić information content (AvgIpc) is 2.96. The fourth-order valence-electron chi connectivity index (χ4n) is 2.03. The van der Waals surface area contributed by atoms with Gasteiger partial charge in [0.1, 0.15) is 21.2 Å². The molecule has 23 heavy (non-hydrogen) atoms. The first kappa shape index (κ1) is 15.2. The van der Waals surface area contributed by atoms with Gasteiger partial charge in [0.05, 0.1) is 5.69 Å². The van der Waals surface area contributed by atoms with Crippen molar-refractivity contribution in [2.75, 3.05) is 12.4 Å². The van der Waals surface area contributed by atoms with E-state index in [2.05, 4.69) is 31.8 Å². The molecule has 0 spiro atoms. The third-order valence-electron chi connectivity index (χ3n) is 3.11. The smallest absolute Gasteiger partial charge is 0.205 e. The molecule has 0 saturated heterocycles. The molecule has 3 rings (SSSR count). The fourth-order valence-corrected chi connectivity index (χ4v) is 2.91. The number of fused-ring (bicyclic) bond motifs is 1. The summed E-state index contributed by atoms with van der Waals surface area (Å²) in [6.07, 6.45) is 3.69. The maximum Gasteiger partial charge on any atom is 0.205 e. The van der Waals surface area contributed by atoms with E-state index in [9.17, 15) is 4.39 Å². The quantitative estimate of drug-likeness (QED) is 0.571. The van der Waals surface area contributed by atoms with E-state index < -0.39 is 5.95 Å². The zero-order chi connectivity index (χ0) is 16.2. The lowest BCUT2D eigenvalue weighted by molar-refractivity contribution is 0.633. The van der Waals surface area contributed by atoms with E-state index in [1.54, 1.807) is 6.20 Å². The number of rotatable bonds is 5. The van der Waals surface area contributed by atoms with Gasteiger partial charge in [0, 0.05) is 31.4 Å². The topological polar surface area (TPSA) is 63.1 Å². The number of nitrogens with one attached hydrogen (secondary N) is 1. The highest BCUT2D eigenvalue weighted by atomic mass is 32.1. The third-order valence-corrected chi connectivity index (χ3v) is 4.10. The van der Waals surface area contributed by atoms with Crippen LogP contribution in [0.3, 0.4) is 0 Å². The molecule has 116 valence electrons. The van der Waals surface area contributed by atoms with Gasteiger partial charge >= 0.3 is 0 Å². The SMILES string of the molecule is C=C(F)/N=C\Cc1nc2ccc(-c3ccc(NC)nc3)nc2s1. The van der Waals surface area contributed by atoms with Crippen LogP contribution in [0.1, 0.15) is 5.01 Å². The molecule has 0 amide bonds. The number of anilines is 1. The van der Waals surface area contributed by atoms with Crippen molar-refractivity contribution < 1.29 is 4.39 Å². The molecule has 0 radical (unpaired) electrons. The summed E-state index contributed by atoms with van der Waals surface area (Å²) in [5, 5.41) is 3.81. The van der Waals surface area contributed by atoms with Crippen LogP contribution in [0.5, 0.6) is 0 Å². The molecule has 0 aliphatic heterocycles. The number of aliphatic imine (C=N–C) groups is 1. The summed E-state index contributed by atoms with van der Waals surface area (Å²) in [6.45, 7) is 3.08. The molecule has 1 N–H and O–H groups in total. The highest BCUT2D eigenvalue weighted by Gasteiger charge is 2.07. The first-order valence-electron chi connectivity index (χ1n) is 6.93. The zero-order valence-electron chi connectivity index (χ0n) is 12.5. The Bertz CT molecular complexity index is 870. The van der Waals surface area contributed by atoms with Crippen molar-refractivity contribution in [1.29, 1.82) is 0 Å². The largest absolute Gasteiger partial charge is 0.373 e. The van der Waals surface area contributed by atoms with E-state index in [4.69, 9.17) is 0 Å². The number of pyridine rings is 2. The molecule has 5 nitrogen and oxygen atoms in total. The van der Waals surface area contributed by atoms with Crippen molar-refractivity contribution in [3.63, 3.8) is 0 Å². The first-order chi connectivity index (χ1) is 11.2. The molecule has 3 heterocycles. The molecule has 3 aromatic heterocycles. The van der Waals surface area contributed by atoms with Gasteiger partial charge < -0.3 is 5.32 Å². The summed E-state index contributed by atoms with van der Waals surface area (Å²) in [5.74, 6) is 0.104. The Labute approximate surface area is 136 Å². The molecule has 0 aromatic carbocycles. The minimum Gasteiger partial charge on any atom is -0.373 e.